The van der Waals surface area contributed by atoms with Crippen LogP contribution >= 0.6 is 0 Å². The van der Waals surface area contributed by atoms with Crippen LogP contribution < -0.4 is 10.7 Å². The van der Waals surface area contributed by atoms with Gasteiger partial charge in [-0.05, 0) is 62.6 Å². The number of benzene rings is 2. The van der Waals surface area contributed by atoms with Gasteiger partial charge in [0.05, 0.1) is 6.10 Å². The predicted molar refractivity (Wildman–Crippen MR) is 140 cm³/mol. The van der Waals surface area contributed by atoms with Crippen molar-refractivity contribution in [3.63, 3.8) is 0 Å². The van der Waals surface area contributed by atoms with Crippen LogP contribution in [0.15, 0.2) is 66.7 Å². The van der Waals surface area contributed by atoms with E-state index in [2.05, 4.69) is 74.3 Å². The molecule has 2 aliphatic rings. The Kier molecular flexibility index (Phi) is 7.55. The Morgan fingerprint density at radius 1 is 1.11 bits per heavy atom. The van der Waals surface area contributed by atoms with Crippen LogP contribution in [0.25, 0.3) is 6.08 Å². The average Bonchev–Trinajstić information content (AvgIpc) is 3.33. The van der Waals surface area contributed by atoms with Crippen LogP contribution in [0.2, 0.25) is 0 Å². The summed E-state index contributed by atoms with van der Waals surface area (Å²) in [6.45, 7) is 6.02. The van der Waals surface area contributed by atoms with Crippen LogP contribution in [-0.4, -0.2) is 64.0 Å². The zero-order chi connectivity index (χ0) is 24.8. The van der Waals surface area contributed by atoms with E-state index in [1.54, 1.807) is 6.29 Å². The molecule has 2 aromatic carbocycles. The van der Waals surface area contributed by atoms with E-state index in [0.29, 0.717) is 5.82 Å². The second-order valence-electron chi connectivity index (χ2n) is 9.61. The molecule has 187 valence electrons. The minimum atomic E-state index is -0.453. The van der Waals surface area contributed by atoms with Gasteiger partial charge in [-0.1, -0.05) is 60.7 Å². The molecule has 36 heavy (non-hydrogen) atoms. The topological polar surface area (TPSA) is 84.3 Å². The number of nitrogens with zero attached hydrogens (tertiary/aromatic N) is 4. The normalized spacial score (nSPS) is 20.3. The van der Waals surface area contributed by atoms with Crippen molar-refractivity contribution in [3.05, 3.63) is 89.5 Å². The predicted octanol–water partition coefficient (Wildman–Crippen LogP) is 3.27. The van der Waals surface area contributed by atoms with Crippen LogP contribution in [0, 0.1) is 0 Å². The van der Waals surface area contributed by atoms with E-state index >= 15 is 0 Å². The number of likely N-dealkylation sites (tertiary alicyclic amines) is 1. The number of piperidine rings is 1. The number of nitrogens with one attached hydrogen (secondary N) is 2. The smallest absolute Gasteiger partial charge is 0.276 e. The lowest BCUT2D eigenvalue weighted by Gasteiger charge is -2.35. The van der Waals surface area contributed by atoms with Gasteiger partial charge >= 0.3 is 0 Å². The molecule has 2 aliphatic heterocycles. The molecule has 0 spiro atoms. The van der Waals surface area contributed by atoms with Crippen molar-refractivity contribution in [2.45, 2.75) is 44.1 Å². The summed E-state index contributed by atoms with van der Waals surface area (Å²) in [5.41, 5.74) is 5.21. The van der Waals surface area contributed by atoms with Crippen molar-refractivity contribution < 1.29 is 9.53 Å². The first kappa shape index (κ1) is 24.4. The van der Waals surface area contributed by atoms with Gasteiger partial charge in [-0.15, -0.1) is 5.10 Å². The van der Waals surface area contributed by atoms with Crippen molar-refractivity contribution in [1.82, 2.24) is 25.1 Å². The lowest BCUT2D eigenvalue weighted by molar-refractivity contribution is -0.0270. The summed E-state index contributed by atoms with van der Waals surface area (Å²) in [5, 5.41) is 7.63. The summed E-state index contributed by atoms with van der Waals surface area (Å²) in [7, 11) is 0. The fraction of sp³-hybridized carbons (Fsp3) is 0.393. The lowest BCUT2D eigenvalue weighted by atomic mass is 10.00. The standard InChI is InChI=1S/C28H33N6O2/c1-28(16-13-26-30-25(21-35)31-34(26)32-28)29-17-8-18-33-19-14-24(15-20-33)36-27(22-9-4-2-5-10-22)23-11-6-3-7-12-23/h2-7,9-13,16,24,27,29,32H,8,14-15,17-20H2,1H3. The van der Waals surface area contributed by atoms with E-state index < -0.39 is 5.66 Å². The number of hydrogen-bond acceptors (Lipinski definition) is 7. The molecular weight excluding hydrogens is 452 g/mol. The van der Waals surface area contributed by atoms with Gasteiger partial charge in [0.15, 0.2) is 5.82 Å². The molecule has 1 saturated heterocycles. The van der Waals surface area contributed by atoms with Crippen LogP contribution in [0.1, 0.15) is 55.1 Å². The van der Waals surface area contributed by atoms with E-state index in [1.807, 2.05) is 31.2 Å². The molecule has 3 heterocycles. The van der Waals surface area contributed by atoms with Crippen molar-refractivity contribution >= 4 is 12.4 Å². The number of aromatic nitrogens is 3. The van der Waals surface area contributed by atoms with Gasteiger partial charge in [-0.25, -0.2) is 4.98 Å². The van der Waals surface area contributed by atoms with E-state index in [9.17, 15) is 4.79 Å². The first-order chi connectivity index (χ1) is 17.6. The molecule has 8 nitrogen and oxygen atoms in total. The zero-order valence-corrected chi connectivity index (χ0v) is 20.6. The lowest BCUT2D eigenvalue weighted by Crippen LogP contribution is -2.53. The maximum atomic E-state index is 10.8. The summed E-state index contributed by atoms with van der Waals surface area (Å²) in [5.74, 6) is 0.650. The fourth-order valence-corrected chi connectivity index (χ4v) is 4.87. The third kappa shape index (κ3) is 5.90. The minimum absolute atomic E-state index is 0.0315. The molecular formula is C28H33N6O2. The SMILES string of the molecule is CC1(NCCCN2CCC(OC(c3ccccc3)c3ccccc3)CC2)C=Cc2nc([C]=O)nn2N1. The Hall–Kier alpha value is -3.33. The van der Waals surface area contributed by atoms with E-state index in [4.69, 9.17) is 4.74 Å². The first-order valence-corrected chi connectivity index (χ1v) is 12.7. The Balaban J connectivity index is 1.07. The van der Waals surface area contributed by atoms with Crippen LogP contribution in [0.3, 0.4) is 0 Å². The van der Waals surface area contributed by atoms with Gasteiger partial charge in [0, 0.05) is 13.1 Å². The van der Waals surface area contributed by atoms with Gasteiger partial charge in [-0.2, -0.15) is 4.79 Å². The highest BCUT2D eigenvalue weighted by molar-refractivity contribution is 5.70. The van der Waals surface area contributed by atoms with Crippen LogP contribution in [0.4, 0.5) is 0 Å². The summed E-state index contributed by atoms with van der Waals surface area (Å²) in [4.78, 5) is 18.9. The van der Waals surface area contributed by atoms with E-state index in [-0.39, 0.29) is 18.0 Å². The number of rotatable bonds is 10. The summed E-state index contributed by atoms with van der Waals surface area (Å²) < 4.78 is 6.68. The van der Waals surface area contributed by atoms with Crippen molar-refractivity contribution in [2.75, 3.05) is 31.6 Å². The monoisotopic (exact) mass is 485 g/mol. The number of hydrogen-bond donors (Lipinski definition) is 2. The maximum absolute atomic E-state index is 10.8. The van der Waals surface area contributed by atoms with Gasteiger partial charge < -0.3 is 9.64 Å². The summed E-state index contributed by atoms with van der Waals surface area (Å²) >= 11 is 0. The largest absolute Gasteiger partial charge is 0.365 e. The summed E-state index contributed by atoms with van der Waals surface area (Å²) in [6.07, 6.45) is 8.93. The highest BCUT2D eigenvalue weighted by Crippen LogP contribution is 2.30. The molecule has 0 aliphatic carbocycles. The Labute approximate surface area is 212 Å². The molecule has 0 saturated carbocycles. The van der Waals surface area contributed by atoms with E-state index in [1.165, 1.54) is 15.9 Å². The molecule has 3 aromatic rings. The Bertz CT molecular complexity index is 1120. The van der Waals surface area contributed by atoms with Crippen molar-refractivity contribution in [1.29, 1.82) is 0 Å². The first-order valence-electron chi connectivity index (χ1n) is 12.7. The van der Waals surface area contributed by atoms with Crippen molar-refractivity contribution in [3.8, 4) is 0 Å². The Morgan fingerprint density at radius 2 is 1.78 bits per heavy atom. The fourth-order valence-electron chi connectivity index (χ4n) is 4.87. The molecule has 1 fully saturated rings. The minimum Gasteiger partial charge on any atom is -0.365 e. The number of ether oxygens (including phenoxy) is 1. The van der Waals surface area contributed by atoms with Gasteiger partial charge in [0.1, 0.15) is 11.8 Å². The van der Waals surface area contributed by atoms with Crippen LogP contribution in [0.5, 0.6) is 0 Å². The molecule has 5 rings (SSSR count). The average molecular weight is 486 g/mol. The second kappa shape index (κ2) is 11.2. The molecule has 2 N–H and O–H groups in total. The quantitative estimate of drug-likeness (QED) is 0.427. The third-order valence-corrected chi connectivity index (χ3v) is 6.84. The molecule has 0 amide bonds. The van der Waals surface area contributed by atoms with E-state index in [0.717, 1.165) is 45.4 Å². The van der Waals surface area contributed by atoms with Gasteiger partial charge in [0.25, 0.3) is 6.29 Å². The molecule has 1 radical (unpaired) electrons. The molecule has 1 unspecified atom stereocenters. The molecule has 1 aromatic heterocycles. The third-order valence-electron chi connectivity index (χ3n) is 6.84. The number of fused-ring (bicyclic) bond motifs is 1. The molecule has 0 bridgehead atoms. The molecule has 8 heteroatoms. The maximum Gasteiger partial charge on any atom is 0.276 e. The highest BCUT2D eigenvalue weighted by Gasteiger charge is 2.27. The van der Waals surface area contributed by atoms with Crippen molar-refractivity contribution in [2.24, 2.45) is 0 Å². The summed E-state index contributed by atoms with van der Waals surface area (Å²) in [6, 6.07) is 21.0. The highest BCUT2D eigenvalue weighted by atomic mass is 16.5. The second-order valence-corrected chi connectivity index (χ2v) is 9.61. The van der Waals surface area contributed by atoms with Gasteiger partial charge in [-0.3, -0.25) is 15.5 Å². The number of carbonyl (C=O) groups excluding carboxylic acids is 1. The Morgan fingerprint density at radius 3 is 2.42 bits per heavy atom. The molecule has 1 atom stereocenters. The van der Waals surface area contributed by atoms with Gasteiger partial charge in [0.2, 0.25) is 5.82 Å². The van der Waals surface area contributed by atoms with Crippen LogP contribution in [-0.2, 0) is 9.53 Å². The zero-order valence-electron chi connectivity index (χ0n) is 20.6.